The Balaban J connectivity index is 0.00000162. The number of hydrogen-bond acceptors (Lipinski definition) is 3. The molecule has 0 radical (unpaired) electrons. The first-order chi connectivity index (χ1) is 8.24. The summed E-state index contributed by atoms with van der Waals surface area (Å²) in [6.07, 6.45) is 5.10. The highest BCUT2D eigenvalue weighted by Crippen LogP contribution is 2.27. The molecule has 2 fully saturated rings. The minimum absolute atomic E-state index is 0. The number of rotatable bonds is 6. The van der Waals surface area contributed by atoms with E-state index in [-0.39, 0.29) is 30.7 Å². The van der Waals surface area contributed by atoms with Gasteiger partial charge in [0.15, 0.2) is 0 Å². The number of amides is 1. The second kappa shape index (κ2) is 9.81. The van der Waals surface area contributed by atoms with E-state index >= 15 is 0 Å². The third-order valence-corrected chi connectivity index (χ3v) is 3.84. The number of halogens is 2. The molecule has 4 nitrogen and oxygen atoms in total. The van der Waals surface area contributed by atoms with Gasteiger partial charge in [0, 0.05) is 6.54 Å². The first-order valence-electron chi connectivity index (χ1n) is 6.90. The number of nitrogens with one attached hydrogen (secondary N) is 2. The molecule has 0 aromatic heterocycles. The number of carbonyl (C=O) groups excluding carboxylic acids is 1. The average molecular weight is 312 g/mol. The molecule has 2 rings (SSSR count). The van der Waals surface area contributed by atoms with E-state index in [0.29, 0.717) is 12.5 Å². The molecular weight excluding hydrogens is 285 g/mol. The van der Waals surface area contributed by atoms with Crippen molar-refractivity contribution < 1.29 is 4.79 Å². The molecule has 0 unspecified atom stereocenters. The predicted octanol–water partition coefficient (Wildman–Crippen LogP) is 1.29. The summed E-state index contributed by atoms with van der Waals surface area (Å²) in [6, 6.07) is 0. The predicted molar refractivity (Wildman–Crippen MR) is 83.3 cm³/mol. The molecule has 0 aromatic rings. The van der Waals surface area contributed by atoms with Crippen LogP contribution in [0.4, 0.5) is 0 Å². The van der Waals surface area contributed by atoms with E-state index in [4.69, 9.17) is 0 Å². The van der Waals surface area contributed by atoms with Crippen molar-refractivity contribution in [2.24, 2.45) is 11.8 Å². The van der Waals surface area contributed by atoms with E-state index in [0.717, 1.165) is 19.0 Å². The van der Waals surface area contributed by atoms with Crippen molar-refractivity contribution in [1.29, 1.82) is 0 Å². The lowest BCUT2D eigenvalue weighted by Crippen LogP contribution is -2.40. The maximum atomic E-state index is 11.6. The highest BCUT2D eigenvalue weighted by molar-refractivity contribution is 5.85. The van der Waals surface area contributed by atoms with Crippen LogP contribution in [0, 0.1) is 11.8 Å². The van der Waals surface area contributed by atoms with Gasteiger partial charge in [-0.2, -0.15) is 0 Å². The summed E-state index contributed by atoms with van der Waals surface area (Å²) < 4.78 is 0. The van der Waals surface area contributed by atoms with Crippen molar-refractivity contribution >= 4 is 30.7 Å². The van der Waals surface area contributed by atoms with E-state index in [1.165, 1.54) is 38.8 Å². The molecule has 1 saturated carbocycles. The molecule has 1 saturated heterocycles. The van der Waals surface area contributed by atoms with Gasteiger partial charge in [-0.05, 0) is 64.2 Å². The maximum Gasteiger partial charge on any atom is 0.233 e. The smallest absolute Gasteiger partial charge is 0.233 e. The molecule has 2 N–H and O–H groups in total. The van der Waals surface area contributed by atoms with Gasteiger partial charge in [-0.3, -0.25) is 4.79 Å². The van der Waals surface area contributed by atoms with Gasteiger partial charge in [0.25, 0.3) is 0 Å². The molecule has 2 aliphatic rings. The summed E-state index contributed by atoms with van der Waals surface area (Å²) in [5.41, 5.74) is 0. The Morgan fingerprint density at radius 3 is 2.21 bits per heavy atom. The van der Waals surface area contributed by atoms with Crippen molar-refractivity contribution in [2.75, 3.05) is 39.8 Å². The molecule has 19 heavy (non-hydrogen) atoms. The minimum atomic E-state index is 0. The first kappa shape index (κ1) is 19.0. The number of carbonyl (C=O) groups is 1. The highest BCUT2D eigenvalue weighted by Gasteiger charge is 2.21. The summed E-state index contributed by atoms with van der Waals surface area (Å²) in [5, 5.41) is 6.26. The highest BCUT2D eigenvalue weighted by atomic mass is 35.5. The molecular formula is C13H27Cl2N3O. The van der Waals surface area contributed by atoms with E-state index in [2.05, 4.69) is 22.6 Å². The van der Waals surface area contributed by atoms with Crippen LogP contribution in [0.25, 0.3) is 0 Å². The summed E-state index contributed by atoms with van der Waals surface area (Å²) in [7, 11) is 2.16. The van der Waals surface area contributed by atoms with E-state index in [9.17, 15) is 4.79 Å². The normalized spacial score (nSPS) is 20.3. The van der Waals surface area contributed by atoms with Crippen LogP contribution in [-0.2, 0) is 4.79 Å². The SMILES string of the molecule is CN1CCC(CNC(=O)CNCC2CC2)CC1.Cl.Cl. The van der Waals surface area contributed by atoms with Crippen molar-refractivity contribution in [3.63, 3.8) is 0 Å². The minimum Gasteiger partial charge on any atom is -0.355 e. The second-order valence-corrected chi connectivity index (χ2v) is 5.63. The zero-order valence-corrected chi connectivity index (χ0v) is 13.3. The zero-order chi connectivity index (χ0) is 12.1. The monoisotopic (exact) mass is 311 g/mol. The Hall–Kier alpha value is -0.0300. The van der Waals surface area contributed by atoms with Crippen LogP contribution in [0.1, 0.15) is 25.7 Å². The van der Waals surface area contributed by atoms with E-state index < -0.39 is 0 Å². The fraction of sp³-hybridized carbons (Fsp3) is 0.923. The summed E-state index contributed by atoms with van der Waals surface area (Å²) >= 11 is 0. The molecule has 1 heterocycles. The molecule has 1 aliphatic carbocycles. The van der Waals surface area contributed by atoms with Crippen LogP contribution < -0.4 is 10.6 Å². The molecule has 114 valence electrons. The average Bonchev–Trinajstić information content (AvgIpc) is 3.12. The number of piperidine rings is 1. The van der Waals surface area contributed by atoms with Crippen molar-refractivity contribution in [3.05, 3.63) is 0 Å². The number of nitrogens with zero attached hydrogens (tertiary/aromatic N) is 1. The summed E-state index contributed by atoms with van der Waals surface area (Å²) in [5.74, 6) is 1.68. The molecule has 1 aliphatic heterocycles. The lowest BCUT2D eigenvalue weighted by Gasteiger charge is -2.28. The standard InChI is InChI=1S/C13H25N3O.2ClH/c1-16-6-4-12(5-7-16)9-15-13(17)10-14-8-11-2-3-11;;/h11-12,14H,2-10H2,1H3,(H,15,17);2*1H. The van der Waals surface area contributed by atoms with Crippen LogP contribution in [0.5, 0.6) is 0 Å². The van der Waals surface area contributed by atoms with Gasteiger partial charge in [0.05, 0.1) is 6.54 Å². The lowest BCUT2D eigenvalue weighted by molar-refractivity contribution is -0.120. The Kier molecular flexibility index (Phi) is 9.79. The topological polar surface area (TPSA) is 44.4 Å². The van der Waals surface area contributed by atoms with E-state index in [1.54, 1.807) is 0 Å². The Labute approximate surface area is 128 Å². The van der Waals surface area contributed by atoms with Gasteiger partial charge in [-0.15, -0.1) is 24.8 Å². The molecule has 0 bridgehead atoms. The van der Waals surface area contributed by atoms with Crippen LogP contribution in [0.3, 0.4) is 0 Å². The summed E-state index contributed by atoms with van der Waals surface area (Å²) in [6.45, 7) is 4.70. The number of likely N-dealkylation sites (tertiary alicyclic amines) is 1. The number of hydrogen-bond donors (Lipinski definition) is 2. The molecule has 0 spiro atoms. The van der Waals surface area contributed by atoms with Crippen molar-refractivity contribution in [1.82, 2.24) is 15.5 Å². The van der Waals surface area contributed by atoms with E-state index in [1.807, 2.05) is 0 Å². The van der Waals surface area contributed by atoms with Crippen molar-refractivity contribution in [2.45, 2.75) is 25.7 Å². The Morgan fingerprint density at radius 1 is 1.05 bits per heavy atom. The fourth-order valence-corrected chi connectivity index (χ4v) is 2.30. The summed E-state index contributed by atoms with van der Waals surface area (Å²) in [4.78, 5) is 13.9. The van der Waals surface area contributed by atoms with Crippen LogP contribution in [0.2, 0.25) is 0 Å². The van der Waals surface area contributed by atoms with Gasteiger partial charge in [0.2, 0.25) is 5.91 Å². The molecule has 0 atom stereocenters. The molecule has 6 heteroatoms. The largest absolute Gasteiger partial charge is 0.355 e. The Bertz CT molecular complexity index is 254. The first-order valence-corrected chi connectivity index (χ1v) is 6.90. The van der Waals surface area contributed by atoms with Gasteiger partial charge in [-0.1, -0.05) is 0 Å². The Morgan fingerprint density at radius 2 is 1.63 bits per heavy atom. The second-order valence-electron chi connectivity index (χ2n) is 5.63. The van der Waals surface area contributed by atoms with Gasteiger partial charge >= 0.3 is 0 Å². The zero-order valence-electron chi connectivity index (χ0n) is 11.7. The van der Waals surface area contributed by atoms with Crippen LogP contribution >= 0.6 is 24.8 Å². The van der Waals surface area contributed by atoms with Gasteiger partial charge in [0.1, 0.15) is 0 Å². The van der Waals surface area contributed by atoms with Gasteiger partial charge in [-0.25, -0.2) is 0 Å². The van der Waals surface area contributed by atoms with Crippen LogP contribution in [-0.4, -0.2) is 50.6 Å². The third kappa shape index (κ3) is 7.98. The van der Waals surface area contributed by atoms with Crippen molar-refractivity contribution in [3.8, 4) is 0 Å². The maximum absolute atomic E-state index is 11.6. The van der Waals surface area contributed by atoms with Crippen LogP contribution in [0.15, 0.2) is 0 Å². The molecule has 1 amide bonds. The lowest BCUT2D eigenvalue weighted by atomic mass is 9.97. The quantitative estimate of drug-likeness (QED) is 0.777. The third-order valence-electron chi connectivity index (χ3n) is 3.84. The molecule has 0 aromatic carbocycles. The van der Waals surface area contributed by atoms with Gasteiger partial charge < -0.3 is 15.5 Å². The fourth-order valence-electron chi connectivity index (χ4n) is 2.30.